The zero-order valence-corrected chi connectivity index (χ0v) is 9.86. The van der Waals surface area contributed by atoms with Crippen molar-refractivity contribution in [3.63, 3.8) is 0 Å². The largest absolute Gasteiger partial charge is 0.323 e. The van der Waals surface area contributed by atoms with Gasteiger partial charge in [-0.3, -0.25) is 0 Å². The molecular formula is C11H19BN2O. The molecular weight excluding hydrogens is 187 g/mol. The van der Waals surface area contributed by atoms with Gasteiger partial charge in [-0.25, -0.2) is 4.79 Å². The van der Waals surface area contributed by atoms with Gasteiger partial charge < -0.3 is 9.80 Å². The SMILES string of the molecule is [B]C1(C)CCCC2C(C1)N(C)C(=O)N2C. The summed E-state index contributed by atoms with van der Waals surface area (Å²) in [6.45, 7) is 2.10. The highest BCUT2D eigenvalue weighted by atomic mass is 16.2. The first-order chi connectivity index (χ1) is 6.92. The number of hydrogen-bond acceptors (Lipinski definition) is 1. The van der Waals surface area contributed by atoms with Gasteiger partial charge in [0.05, 0.1) is 19.9 Å². The Balaban J connectivity index is 2.23. The van der Waals surface area contributed by atoms with E-state index in [-0.39, 0.29) is 11.3 Å². The van der Waals surface area contributed by atoms with Gasteiger partial charge in [0.25, 0.3) is 0 Å². The predicted octanol–water partition coefficient (Wildman–Crippen LogP) is 1.64. The molecule has 0 aromatic heterocycles. The van der Waals surface area contributed by atoms with Crippen LogP contribution in [0.5, 0.6) is 0 Å². The van der Waals surface area contributed by atoms with E-state index in [4.69, 9.17) is 7.85 Å². The molecule has 1 heterocycles. The van der Waals surface area contributed by atoms with Crippen LogP contribution < -0.4 is 0 Å². The lowest BCUT2D eigenvalue weighted by atomic mass is 9.65. The fourth-order valence-corrected chi connectivity index (χ4v) is 3.00. The second-order valence-electron chi connectivity index (χ2n) is 5.39. The third-order valence-electron chi connectivity index (χ3n) is 3.97. The zero-order chi connectivity index (χ0) is 11.2. The molecule has 0 N–H and O–H groups in total. The van der Waals surface area contributed by atoms with Crippen LogP contribution in [0, 0.1) is 0 Å². The standard InChI is InChI=1S/C11H19BN2O/c1-11(12)6-4-5-8-9(7-11)14(3)10(15)13(8)2/h8-9H,4-7H2,1-3H3. The van der Waals surface area contributed by atoms with Crippen molar-refractivity contribution in [1.82, 2.24) is 9.80 Å². The van der Waals surface area contributed by atoms with Crippen molar-refractivity contribution in [1.29, 1.82) is 0 Å². The van der Waals surface area contributed by atoms with Gasteiger partial charge in [0.15, 0.2) is 0 Å². The third-order valence-corrected chi connectivity index (χ3v) is 3.97. The highest BCUT2D eigenvalue weighted by Gasteiger charge is 2.44. The number of amides is 2. The summed E-state index contributed by atoms with van der Waals surface area (Å²) in [6, 6.07) is 0.815. The van der Waals surface area contributed by atoms with Crippen LogP contribution in [0.4, 0.5) is 4.79 Å². The molecule has 1 saturated heterocycles. The van der Waals surface area contributed by atoms with Crippen LogP contribution in [0.15, 0.2) is 0 Å². The number of carbonyl (C=O) groups is 1. The number of carbonyl (C=O) groups excluding carboxylic acids is 1. The lowest BCUT2D eigenvalue weighted by Crippen LogP contribution is -2.35. The maximum atomic E-state index is 11.8. The van der Waals surface area contributed by atoms with Crippen molar-refractivity contribution < 1.29 is 4.79 Å². The highest BCUT2D eigenvalue weighted by Crippen LogP contribution is 2.42. The van der Waals surface area contributed by atoms with E-state index >= 15 is 0 Å². The lowest BCUT2D eigenvalue weighted by molar-refractivity contribution is 0.197. The summed E-state index contributed by atoms with van der Waals surface area (Å²) < 4.78 is 0. The number of nitrogens with zero attached hydrogens (tertiary/aromatic N) is 2. The molecule has 1 aliphatic heterocycles. The third kappa shape index (κ3) is 1.74. The van der Waals surface area contributed by atoms with Crippen molar-refractivity contribution >= 4 is 13.9 Å². The Hall–Kier alpha value is -0.665. The number of rotatable bonds is 0. The van der Waals surface area contributed by atoms with E-state index in [2.05, 4.69) is 6.92 Å². The molecule has 0 aromatic rings. The predicted molar refractivity (Wildman–Crippen MR) is 61.1 cm³/mol. The van der Waals surface area contributed by atoms with E-state index in [1.807, 2.05) is 23.9 Å². The van der Waals surface area contributed by atoms with Crippen LogP contribution in [-0.4, -0.2) is 49.9 Å². The molecule has 3 atom stereocenters. The van der Waals surface area contributed by atoms with Gasteiger partial charge >= 0.3 is 6.03 Å². The maximum absolute atomic E-state index is 11.8. The summed E-state index contributed by atoms with van der Waals surface area (Å²) in [4.78, 5) is 15.5. The molecule has 2 aliphatic rings. The van der Waals surface area contributed by atoms with E-state index < -0.39 is 0 Å². The molecule has 4 heteroatoms. The van der Waals surface area contributed by atoms with Gasteiger partial charge in [-0.05, 0) is 12.8 Å². The smallest absolute Gasteiger partial charge is 0.320 e. The molecule has 2 rings (SSSR count). The highest BCUT2D eigenvalue weighted by molar-refractivity contribution is 6.14. The molecule has 2 fully saturated rings. The second kappa shape index (κ2) is 3.43. The summed E-state index contributed by atoms with van der Waals surface area (Å²) in [7, 11) is 10.0. The van der Waals surface area contributed by atoms with Crippen LogP contribution in [-0.2, 0) is 0 Å². The van der Waals surface area contributed by atoms with Crippen LogP contribution in [0.25, 0.3) is 0 Å². The summed E-state index contributed by atoms with van der Waals surface area (Å²) in [5, 5.41) is -0.112. The average Bonchev–Trinajstić information content (AvgIpc) is 2.35. The first-order valence-corrected chi connectivity index (χ1v) is 5.71. The van der Waals surface area contributed by atoms with Gasteiger partial charge in [0.2, 0.25) is 0 Å². The Kier molecular flexibility index (Phi) is 2.48. The Morgan fingerprint density at radius 2 is 1.93 bits per heavy atom. The zero-order valence-electron chi connectivity index (χ0n) is 9.86. The topological polar surface area (TPSA) is 23.6 Å². The lowest BCUT2D eigenvalue weighted by Gasteiger charge is -2.29. The first kappa shape index (κ1) is 10.8. The van der Waals surface area contributed by atoms with Gasteiger partial charge in [-0.1, -0.05) is 25.1 Å². The minimum Gasteiger partial charge on any atom is -0.323 e. The molecule has 2 radical (unpaired) electrons. The van der Waals surface area contributed by atoms with Gasteiger partial charge in [-0.15, -0.1) is 0 Å². The fraction of sp³-hybridized carbons (Fsp3) is 0.909. The van der Waals surface area contributed by atoms with E-state index in [1.165, 1.54) is 0 Å². The van der Waals surface area contributed by atoms with Crippen molar-refractivity contribution in [2.75, 3.05) is 14.1 Å². The van der Waals surface area contributed by atoms with Crippen LogP contribution >= 0.6 is 0 Å². The van der Waals surface area contributed by atoms with Gasteiger partial charge in [-0.2, -0.15) is 0 Å². The van der Waals surface area contributed by atoms with E-state index in [0.717, 1.165) is 25.7 Å². The minimum atomic E-state index is -0.112. The summed E-state index contributed by atoms with van der Waals surface area (Å²) in [6.07, 6.45) is 4.20. The summed E-state index contributed by atoms with van der Waals surface area (Å²) >= 11 is 0. The molecule has 0 aromatic carbocycles. The Morgan fingerprint density at radius 3 is 2.60 bits per heavy atom. The van der Waals surface area contributed by atoms with Crippen molar-refractivity contribution in [2.45, 2.75) is 50.0 Å². The normalized spacial score (nSPS) is 41.7. The van der Waals surface area contributed by atoms with Gasteiger partial charge in [0.1, 0.15) is 0 Å². The molecule has 1 aliphatic carbocycles. The molecule has 0 bridgehead atoms. The number of urea groups is 1. The molecule has 3 nitrogen and oxygen atoms in total. The first-order valence-electron chi connectivity index (χ1n) is 5.71. The Labute approximate surface area is 93.2 Å². The molecule has 1 saturated carbocycles. The maximum Gasteiger partial charge on any atom is 0.320 e. The molecule has 15 heavy (non-hydrogen) atoms. The van der Waals surface area contributed by atoms with Gasteiger partial charge in [0, 0.05) is 14.1 Å². The summed E-state index contributed by atoms with van der Waals surface area (Å²) in [5.74, 6) is 0. The number of likely N-dealkylation sites (N-methyl/N-ethyl adjacent to an activating group) is 2. The quantitative estimate of drug-likeness (QED) is 0.552. The number of fused-ring (bicyclic) bond motifs is 1. The molecule has 3 unspecified atom stereocenters. The van der Waals surface area contributed by atoms with Crippen LogP contribution in [0.1, 0.15) is 32.6 Å². The second-order valence-corrected chi connectivity index (χ2v) is 5.39. The van der Waals surface area contributed by atoms with Crippen LogP contribution in [0.2, 0.25) is 5.31 Å². The summed E-state index contributed by atoms with van der Waals surface area (Å²) in [5.41, 5.74) is 0. The van der Waals surface area contributed by atoms with E-state index in [1.54, 1.807) is 0 Å². The fourth-order valence-electron chi connectivity index (χ4n) is 3.00. The minimum absolute atomic E-state index is 0.112. The van der Waals surface area contributed by atoms with Crippen molar-refractivity contribution in [3.8, 4) is 0 Å². The van der Waals surface area contributed by atoms with Crippen molar-refractivity contribution in [3.05, 3.63) is 0 Å². The van der Waals surface area contributed by atoms with E-state index in [0.29, 0.717) is 12.1 Å². The Bertz CT molecular complexity index is 280. The van der Waals surface area contributed by atoms with E-state index in [9.17, 15) is 4.79 Å². The van der Waals surface area contributed by atoms with Crippen molar-refractivity contribution in [2.24, 2.45) is 0 Å². The monoisotopic (exact) mass is 206 g/mol. The Morgan fingerprint density at radius 1 is 1.33 bits per heavy atom. The van der Waals surface area contributed by atoms with Crippen LogP contribution in [0.3, 0.4) is 0 Å². The molecule has 0 spiro atoms. The average molecular weight is 206 g/mol. The molecule has 2 amide bonds. The molecule has 82 valence electrons. The number of hydrogen-bond donors (Lipinski definition) is 0.